The highest BCUT2D eigenvalue weighted by molar-refractivity contribution is 5.16. The van der Waals surface area contributed by atoms with Crippen LogP contribution in [-0.2, 0) is 18.9 Å². The van der Waals surface area contributed by atoms with Crippen LogP contribution < -0.4 is 0 Å². The van der Waals surface area contributed by atoms with Gasteiger partial charge in [-0.05, 0) is 13.1 Å². The van der Waals surface area contributed by atoms with Gasteiger partial charge in [0.15, 0.2) is 12.6 Å². The summed E-state index contributed by atoms with van der Waals surface area (Å²) in [6.45, 7) is 6.10. The number of ether oxygens (including phenoxy) is 4. The molecule has 0 amide bonds. The lowest BCUT2D eigenvalue weighted by atomic mass is 9.94. The first kappa shape index (κ1) is 17.8. The summed E-state index contributed by atoms with van der Waals surface area (Å²) in [5, 5.41) is 11.0. The van der Waals surface area contributed by atoms with Gasteiger partial charge in [0.2, 0.25) is 0 Å². The highest BCUT2D eigenvalue weighted by Gasteiger charge is 2.50. The molecule has 0 bridgehead atoms. The molecule has 0 saturated carbocycles. The highest BCUT2D eigenvalue weighted by atomic mass is 16.7. The van der Waals surface area contributed by atoms with Gasteiger partial charge in [-0.3, -0.25) is 4.90 Å². The average Bonchev–Trinajstić information content (AvgIpc) is 2.64. The van der Waals surface area contributed by atoms with Crippen molar-refractivity contribution in [1.82, 2.24) is 4.90 Å². The molecule has 2 aliphatic rings. The van der Waals surface area contributed by atoms with Gasteiger partial charge in [0.05, 0.1) is 12.6 Å². The Balaban J connectivity index is 1.79. The zero-order chi connectivity index (χ0) is 17.1. The number of hydrogen-bond donors (Lipinski definition) is 1. The molecular weight excluding hydrogens is 310 g/mol. The highest BCUT2D eigenvalue weighted by Crippen LogP contribution is 2.35. The molecule has 134 valence electrons. The second-order valence-electron chi connectivity index (χ2n) is 6.16. The number of rotatable bonds is 5. The van der Waals surface area contributed by atoms with Gasteiger partial charge in [-0.15, -0.1) is 0 Å². The smallest absolute Gasteiger partial charge is 0.184 e. The first-order valence-corrected chi connectivity index (χ1v) is 8.62. The van der Waals surface area contributed by atoms with E-state index in [4.69, 9.17) is 18.9 Å². The number of hydrogen-bond acceptors (Lipinski definition) is 6. The van der Waals surface area contributed by atoms with Crippen LogP contribution in [0.3, 0.4) is 0 Å². The number of aliphatic hydroxyl groups is 1. The van der Waals surface area contributed by atoms with E-state index in [1.54, 1.807) is 7.11 Å². The minimum atomic E-state index is -0.705. The van der Waals surface area contributed by atoms with E-state index in [1.165, 1.54) is 0 Å². The predicted octanol–water partition coefficient (Wildman–Crippen LogP) is 1.54. The minimum absolute atomic E-state index is 0.263. The van der Waals surface area contributed by atoms with Crippen molar-refractivity contribution in [2.45, 2.75) is 50.8 Å². The Labute approximate surface area is 143 Å². The summed E-state index contributed by atoms with van der Waals surface area (Å²) < 4.78 is 23.4. The summed E-state index contributed by atoms with van der Waals surface area (Å²) in [4.78, 5) is 2.14. The Hall–Kier alpha value is -1.02. The Kier molecular flexibility index (Phi) is 5.86. The maximum absolute atomic E-state index is 11.0. The zero-order valence-corrected chi connectivity index (χ0v) is 14.5. The van der Waals surface area contributed by atoms with E-state index in [-0.39, 0.29) is 12.1 Å². The van der Waals surface area contributed by atoms with E-state index in [0.29, 0.717) is 6.61 Å². The van der Waals surface area contributed by atoms with Crippen molar-refractivity contribution in [2.75, 3.05) is 26.8 Å². The van der Waals surface area contributed by atoms with Crippen molar-refractivity contribution in [2.24, 2.45) is 0 Å². The lowest BCUT2D eigenvalue weighted by Gasteiger charge is -2.50. The maximum atomic E-state index is 11.0. The van der Waals surface area contributed by atoms with Gasteiger partial charge in [-0.1, -0.05) is 44.2 Å². The van der Waals surface area contributed by atoms with Crippen LogP contribution in [0.15, 0.2) is 30.3 Å². The maximum Gasteiger partial charge on any atom is 0.184 e. The van der Waals surface area contributed by atoms with E-state index in [9.17, 15) is 5.11 Å². The lowest BCUT2D eigenvalue weighted by Crippen LogP contribution is -2.66. The molecule has 6 atom stereocenters. The van der Waals surface area contributed by atoms with E-state index in [0.717, 1.165) is 18.7 Å². The molecule has 6 heteroatoms. The molecule has 2 fully saturated rings. The summed E-state index contributed by atoms with van der Waals surface area (Å²) in [5.74, 6) is 0. The molecule has 0 aliphatic carbocycles. The fraction of sp³-hybridized carbons (Fsp3) is 0.667. The Morgan fingerprint density at radius 3 is 2.50 bits per heavy atom. The normalized spacial score (nSPS) is 36.5. The predicted molar refractivity (Wildman–Crippen MR) is 88.4 cm³/mol. The average molecular weight is 337 g/mol. The standard InChI is InChI=1S/C18H27NO5/c1-4-19(5-2)14-15(20)16-13(23-18(14)21-3)11-22-17(24-16)12-9-7-6-8-10-12/h6-10,13-18,20H,4-5,11H2,1-3H3/t13-,14-,15-,16-,17?,18-/m1/s1. The van der Waals surface area contributed by atoms with Crippen molar-refractivity contribution in [3.05, 3.63) is 35.9 Å². The molecule has 1 N–H and O–H groups in total. The van der Waals surface area contributed by atoms with E-state index in [1.807, 2.05) is 30.3 Å². The fourth-order valence-electron chi connectivity index (χ4n) is 3.59. The Bertz CT molecular complexity index is 509. The van der Waals surface area contributed by atoms with Crippen LogP contribution in [0.2, 0.25) is 0 Å². The van der Waals surface area contributed by atoms with Crippen molar-refractivity contribution in [3.63, 3.8) is 0 Å². The quantitative estimate of drug-likeness (QED) is 0.880. The van der Waals surface area contributed by atoms with Crippen molar-refractivity contribution in [3.8, 4) is 0 Å². The third-order valence-corrected chi connectivity index (χ3v) is 4.87. The van der Waals surface area contributed by atoms with Crippen molar-refractivity contribution >= 4 is 0 Å². The summed E-state index contributed by atoms with van der Waals surface area (Å²) in [5.41, 5.74) is 0.941. The molecule has 2 aliphatic heterocycles. The van der Waals surface area contributed by atoms with Crippen LogP contribution in [0.25, 0.3) is 0 Å². The summed E-state index contributed by atoms with van der Waals surface area (Å²) in [6.07, 6.45) is -2.47. The number of methoxy groups -OCH3 is 1. The van der Waals surface area contributed by atoms with Crippen LogP contribution in [0.5, 0.6) is 0 Å². The molecule has 24 heavy (non-hydrogen) atoms. The van der Waals surface area contributed by atoms with Crippen LogP contribution in [-0.4, -0.2) is 67.5 Å². The molecule has 3 rings (SSSR count). The number of nitrogens with zero attached hydrogens (tertiary/aromatic N) is 1. The Morgan fingerprint density at radius 1 is 1.17 bits per heavy atom. The lowest BCUT2D eigenvalue weighted by molar-refractivity contribution is -0.350. The summed E-state index contributed by atoms with van der Waals surface area (Å²) >= 11 is 0. The van der Waals surface area contributed by atoms with Gasteiger partial charge in [0, 0.05) is 12.7 Å². The third-order valence-electron chi connectivity index (χ3n) is 4.87. The molecule has 1 aromatic rings. The monoisotopic (exact) mass is 337 g/mol. The van der Waals surface area contributed by atoms with Gasteiger partial charge in [-0.2, -0.15) is 0 Å². The van der Waals surface area contributed by atoms with E-state index >= 15 is 0 Å². The van der Waals surface area contributed by atoms with Crippen LogP contribution in [0.1, 0.15) is 25.7 Å². The molecule has 2 saturated heterocycles. The fourth-order valence-corrected chi connectivity index (χ4v) is 3.59. The van der Waals surface area contributed by atoms with Gasteiger partial charge in [-0.25, -0.2) is 0 Å². The number of aliphatic hydroxyl groups excluding tert-OH is 1. The van der Waals surface area contributed by atoms with E-state index in [2.05, 4.69) is 18.7 Å². The van der Waals surface area contributed by atoms with Crippen LogP contribution in [0, 0.1) is 0 Å². The van der Waals surface area contributed by atoms with Crippen molar-refractivity contribution in [1.29, 1.82) is 0 Å². The molecular formula is C18H27NO5. The molecule has 2 heterocycles. The largest absolute Gasteiger partial charge is 0.388 e. The van der Waals surface area contributed by atoms with Gasteiger partial charge in [0.25, 0.3) is 0 Å². The molecule has 0 aromatic heterocycles. The number of fused-ring (bicyclic) bond motifs is 1. The van der Waals surface area contributed by atoms with Gasteiger partial charge >= 0.3 is 0 Å². The van der Waals surface area contributed by atoms with Gasteiger partial charge in [0.1, 0.15) is 18.3 Å². The first-order chi connectivity index (χ1) is 11.7. The molecule has 0 spiro atoms. The number of benzene rings is 1. The minimum Gasteiger partial charge on any atom is -0.388 e. The van der Waals surface area contributed by atoms with Crippen LogP contribution in [0.4, 0.5) is 0 Å². The SMILES string of the molecule is CCN(CC)[C@H]1[C@H](OC)O[C@@H]2COC(c3ccccc3)O[C@H]2[C@@H]1O. The molecule has 6 nitrogen and oxygen atoms in total. The molecule has 1 aromatic carbocycles. The third kappa shape index (κ3) is 3.35. The second-order valence-corrected chi connectivity index (χ2v) is 6.16. The topological polar surface area (TPSA) is 60.4 Å². The molecule has 1 unspecified atom stereocenters. The Morgan fingerprint density at radius 2 is 1.88 bits per heavy atom. The molecule has 0 radical (unpaired) electrons. The first-order valence-electron chi connectivity index (χ1n) is 8.62. The second kappa shape index (κ2) is 7.91. The van der Waals surface area contributed by atoms with E-state index < -0.39 is 24.8 Å². The summed E-state index contributed by atoms with van der Waals surface area (Å²) in [7, 11) is 1.60. The number of likely N-dealkylation sites (N-methyl/N-ethyl adjacent to an activating group) is 1. The van der Waals surface area contributed by atoms with Crippen LogP contribution >= 0.6 is 0 Å². The zero-order valence-electron chi connectivity index (χ0n) is 14.5. The van der Waals surface area contributed by atoms with Gasteiger partial charge < -0.3 is 24.1 Å². The summed E-state index contributed by atoms with van der Waals surface area (Å²) in [6, 6.07) is 9.50. The van der Waals surface area contributed by atoms with Crippen molar-refractivity contribution < 1.29 is 24.1 Å².